The maximum atomic E-state index is 5.90. The molecule has 0 saturated carbocycles. The Labute approximate surface area is 131 Å². The lowest BCUT2D eigenvalue weighted by molar-refractivity contribution is 0.217. The van der Waals surface area contributed by atoms with Gasteiger partial charge in [0.25, 0.3) is 0 Å². The van der Waals surface area contributed by atoms with Gasteiger partial charge in [0.2, 0.25) is 0 Å². The third-order valence-corrected chi connectivity index (χ3v) is 4.06. The summed E-state index contributed by atoms with van der Waals surface area (Å²) in [5, 5.41) is 1.16. The molecular formula is C20H21NO. The highest BCUT2D eigenvalue weighted by Crippen LogP contribution is 2.31. The smallest absolute Gasteiger partial charge is 0.121 e. The molecule has 0 saturated heterocycles. The van der Waals surface area contributed by atoms with Crippen molar-refractivity contribution in [2.75, 3.05) is 0 Å². The highest BCUT2D eigenvalue weighted by molar-refractivity contribution is 5.95. The number of hydrogen-bond donors (Lipinski definition) is 0. The number of fused-ring (bicyclic) bond motifs is 1. The molecule has 0 aliphatic heterocycles. The summed E-state index contributed by atoms with van der Waals surface area (Å²) in [5.41, 5.74) is 4.72. The van der Waals surface area contributed by atoms with Crippen molar-refractivity contribution < 1.29 is 4.74 Å². The lowest BCUT2D eigenvalue weighted by Gasteiger charge is -2.14. The van der Waals surface area contributed by atoms with Crippen molar-refractivity contribution in [3.8, 4) is 16.9 Å². The number of ether oxygens (including phenoxy) is 1. The molecule has 1 atom stereocenters. The summed E-state index contributed by atoms with van der Waals surface area (Å²) in [6, 6.07) is 16.7. The first-order chi connectivity index (χ1) is 10.7. The Hall–Kier alpha value is -2.35. The van der Waals surface area contributed by atoms with Crippen LogP contribution in [0.3, 0.4) is 0 Å². The average molecular weight is 291 g/mol. The Morgan fingerprint density at radius 1 is 1.05 bits per heavy atom. The lowest BCUT2D eigenvalue weighted by atomic mass is 9.97. The zero-order valence-corrected chi connectivity index (χ0v) is 13.3. The zero-order valence-electron chi connectivity index (χ0n) is 13.3. The Morgan fingerprint density at radius 2 is 1.86 bits per heavy atom. The summed E-state index contributed by atoms with van der Waals surface area (Å²) in [5.74, 6) is 0.885. The Balaban J connectivity index is 2.09. The van der Waals surface area contributed by atoms with Crippen LogP contribution in [0.4, 0.5) is 0 Å². The molecule has 3 rings (SSSR count). The van der Waals surface area contributed by atoms with Crippen molar-refractivity contribution >= 4 is 10.9 Å². The maximum Gasteiger partial charge on any atom is 0.121 e. The van der Waals surface area contributed by atoms with Gasteiger partial charge in [0, 0.05) is 17.6 Å². The quantitative estimate of drug-likeness (QED) is 0.643. The predicted molar refractivity (Wildman–Crippen MR) is 92.3 cm³/mol. The molecule has 0 fully saturated rings. The standard InChI is InChI=1S/C20H21NO/c1-4-15(3)22-16-9-10-19-18(11-12-21-20(19)13-16)17-8-6-5-7-14(17)2/h5-13,15H,4H2,1-3H3. The maximum absolute atomic E-state index is 5.90. The summed E-state index contributed by atoms with van der Waals surface area (Å²) < 4.78 is 5.90. The fourth-order valence-corrected chi connectivity index (χ4v) is 2.63. The van der Waals surface area contributed by atoms with E-state index in [4.69, 9.17) is 4.74 Å². The number of aromatic nitrogens is 1. The fourth-order valence-electron chi connectivity index (χ4n) is 2.63. The molecule has 0 amide bonds. The van der Waals surface area contributed by atoms with E-state index in [1.165, 1.54) is 16.7 Å². The summed E-state index contributed by atoms with van der Waals surface area (Å²) in [6.07, 6.45) is 3.09. The molecule has 0 N–H and O–H groups in total. The van der Waals surface area contributed by atoms with Crippen molar-refractivity contribution in [2.24, 2.45) is 0 Å². The highest BCUT2D eigenvalue weighted by atomic mass is 16.5. The Morgan fingerprint density at radius 3 is 2.64 bits per heavy atom. The molecule has 0 aliphatic rings. The van der Waals surface area contributed by atoms with Crippen molar-refractivity contribution in [2.45, 2.75) is 33.3 Å². The van der Waals surface area contributed by atoms with E-state index >= 15 is 0 Å². The molecule has 1 unspecified atom stereocenters. The number of hydrogen-bond acceptors (Lipinski definition) is 2. The van der Waals surface area contributed by atoms with E-state index in [-0.39, 0.29) is 6.10 Å². The predicted octanol–water partition coefficient (Wildman–Crippen LogP) is 5.39. The number of rotatable bonds is 4. The van der Waals surface area contributed by atoms with Crippen LogP contribution in [0.25, 0.3) is 22.0 Å². The molecule has 2 heteroatoms. The van der Waals surface area contributed by atoms with Gasteiger partial charge in [-0.3, -0.25) is 4.98 Å². The summed E-state index contributed by atoms with van der Waals surface area (Å²) >= 11 is 0. The van der Waals surface area contributed by atoms with E-state index in [2.05, 4.69) is 62.2 Å². The first-order valence-electron chi connectivity index (χ1n) is 7.80. The molecule has 1 heterocycles. The van der Waals surface area contributed by atoms with E-state index in [9.17, 15) is 0 Å². The molecule has 2 aromatic carbocycles. The number of aryl methyl sites for hydroxylation is 1. The summed E-state index contributed by atoms with van der Waals surface area (Å²) in [7, 11) is 0. The fraction of sp³-hybridized carbons (Fsp3) is 0.250. The molecule has 0 radical (unpaired) electrons. The molecule has 0 aliphatic carbocycles. The second-order valence-corrected chi connectivity index (χ2v) is 5.69. The summed E-state index contributed by atoms with van der Waals surface area (Å²) in [6.45, 7) is 6.35. The van der Waals surface area contributed by atoms with Gasteiger partial charge in [-0.15, -0.1) is 0 Å². The van der Waals surface area contributed by atoms with Crippen LogP contribution in [0.2, 0.25) is 0 Å². The van der Waals surface area contributed by atoms with Gasteiger partial charge in [0.05, 0.1) is 11.6 Å². The normalized spacial score (nSPS) is 12.3. The van der Waals surface area contributed by atoms with Crippen molar-refractivity contribution in [1.82, 2.24) is 4.98 Å². The van der Waals surface area contributed by atoms with Crippen LogP contribution in [0.1, 0.15) is 25.8 Å². The second kappa shape index (κ2) is 6.18. The minimum atomic E-state index is 0.219. The van der Waals surface area contributed by atoms with E-state index in [1.807, 2.05) is 18.3 Å². The number of pyridine rings is 1. The minimum absolute atomic E-state index is 0.219. The van der Waals surface area contributed by atoms with Gasteiger partial charge >= 0.3 is 0 Å². The monoisotopic (exact) mass is 291 g/mol. The molecule has 2 nitrogen and oxygen atoms in total. The van der Waals surface area contributed by atoms with E-state index in [1.54, 1.807) is 0 Å². The first kappa shape index (κ1) is 14.6. The third-order valence-electron chi connectivity index (χ3n) is 4.06. The van der Waals surface area contributed by atoms with Crippen LogP contribution in [-0.4, -0.2) is 11.1 Å². The zero-order chi connectivity index (χ0) is 15.5. The first-order valence-corrected chi connectivity index (χ1v) is 7.80. The topological polar surface area (TPSA) is 22.1 Å². The van der Waals surface area contributed by atoms with Crippen LogP contribution < -0.4 is 4.74 Å². The largest absolute Gasteiger partial charge is 0.491 e. The van der Waals surface area contributed by atoms with Gasteiger partial charge in [-0.05, 0) is 55.2 Å². The number of nitrogens with zero attached hydrogens (tertiary/aromatic N) is 1. The van der Waals surface area contributed by atoms with Gasteiger partial charge < -0.3 is 4.74 Å². The van der Waals surface area contributed by atoms with Crippen LogP contribution in [0.15, 0.2) is 54.7 Å². The highest BCUT2D eigenvalue weighted by Gasteiger charge is 2.08. The lowest BCUT2D eigenvalue weighted by Crippen LogP contribution is -2.09. The summed E-state index contributed by atoms with van der Waals surface area (Å²) in [4.78, 5) is 4.51. The van der Waals surface area contributed by atoms with E-state index < -0.39 is 0 Å². The Bertz CT molecular complexity index is 795. The average Bonchev–Trinajstić information content (AvgIpc) is 2.54. The molecule has 22 heavy (non-hydrogen) atoms. The SMILES string of the molecule is CCC(C)Oc1ccc2c(-c3ccccc3C)ccnc2c1. The molecular weight excluding hydrogens is 270 g/mol. The molecule has 3 aromatic rings. The van der Waals surface area contributed by atoms with Gasteiger partial charge in [-0.2, -0.15) is 0 Å². The van der Waals surface area contributed by atoms with Gasteiger partial charge in [0.15, 0.2) is 0 Å². The van der Waals surface area contributed by atoms with Crippen LogP contribution in [-0.2, 0) is 0 Å². The van der Waals surface area contributed by atoms with Gasteiger partial charge in [-0.1, -0.05) is 31.2 Å². The van der Waals surface area contributed by atoms with E-state index in [0.29, 0.717) is 0 Å². The minimum Gasteiger partial charge on any atom is -0.491 e. The third kappa shape index (κ3) is 2.82. The van der Waals surface area contributed by atoms with Crippen molar-refractivity contribution in [3.63, 3.8) is 0 Å². The van der Waals surface area contributed by atoms with Crippen LogP contribution in [0.5, 0.6) is 5.75 Å². The van der Waals surface area contributed by atoms with Crippen LogP contribution >= 0.6 is 0 Å². The van der Waals surface area contributed by atoms with Crippen molar-refractivity contribution in [1.29, 1.82) is 0 Å². The Kier molecular flexibility index (Phi) is 4.10. The van der Waals surface area contributed by atoms with Gasteiger partial charge in [0.1, 0.15) is 5.75 Å². The molecule has 0 spiro atoms. The molecule has 0 bridgehead atoms. The van der Waals surface area contributed by atoms with Gasteiger partial charge in [-0.25, -0.2) is 0 Å². The van der Waals surface area contributed by atoms with Crippen molar-refractivity contribution in [3.05, 3.63) is 60.3 Å². The van der Waals surface area contributed by atoms with Crippen LogP contribution in [0, 0.1) is 6.92 Å². The second-order valence-electron chi connectivity index (χ2n) is 5.69. The number of benzene rings is 2. The van der Waals surface area contributed by atoms with E-state index in [0.717, 1.165) is 23.1 Å². The molecule has 1 aromatic heterocycles. The molecule has 112 valence electrons.